The zero-order valence-corrected chi connectivity index (χ0v) is 18.2. The minimum atomic E-state index is -0.834. The quantitative estimate of drug-likeness (QED) is 0.357. The molecule has 10 heteroatoms. The van der Waals surface area contributed by atoms with Crippen LogP contribution in [0.1, 0.15) is 6.42 Å². The summed E-state index contributed by atoms with van der Waals surface area (Å²) in [4.78, 5) is 50.6. The first-order chi connectivity index (χ1) is 13.8. The molecule has 1 saturated heterocycles. The molecule has 0 spiro atoms. The molecule has 0 aromatic heterocycles. The first-order valence-corrected chi connectivity index (χ1v) is 11.0. The summed E-state index contributed by atoms with van der Waals surface area (Å²) < 4.78 is 17.8. The number of hydrogen-bond donors (Lipinski definition) is 1. The zero-order valence-electron chi connectivity index (χ0n) is 15.0. The van der Waals surface area contributed by atoms with Gasteiger partial charge >= 0.3 is 5.97 Å². The van der Waals surface area contributed by atoms with Gasteiger partial charge in [0, 0.05) is 15.3 Å². The van der Waals surface area contributed by atoms with Crippen LogP contribution in [-0.4, -0.2) is 51.4 Å². The van der Waals surface area contributed by atoms with Crippen molar-refractivity contribution in [1.82, 2.24) is 4.90 Å². The van der Waals surface area contributed by atoms with Gasteiger partial charge in [0.25, 0.3) is 5.91 Å². The third kappa shape index (κ3) is 3.61. The minimum absolute atomic E-state index is 0.0633. The van der Waals surface area contributed by atoms with Gasteiger partial charge in [0.15, 0.2) is 6.61 Å². The molecular weight excluding hydrogens is 515 g/mol. The van der Waals surface area contributed by atoms with E-state index in [0.717, 1.165) is 11.3 Å². The van der Waals surface area contributed by atoms with Crippen LogP contribution in [-0.2, 0) is 23.9 Å². The number of alkyl halides is 2. The average Bonchev–Trinajstić information content (AvgIpc) is 3.29. The monoisotopic (exact) mass is 530 g/mol. The van der Waals surface area contributed by atoms with Gasteiger partial charge in [0.2, 0.25) is 11.8 Å². The lowest BCUT2D eigenvalue weighted by molar-refractivity contribution is -0.154. The van der Waals surface area contributed by atoms with Crippen molar-refractivity contribution in [3.63, 3.8) is 0 Å². The third-order valence-electron chi connectivity index (χ3n) is 5.86. The number of rotatable bonds is 5. The maximum absolute atomic E-state index is 12.9. The molecule has 2 saturated carbocycles. The summed E-state index contributed by atoms with van der Waals surface area (Å²) in [5, 5.41) is 2.46. The number of hydrogen-bond acceptors (Lipinski definition) is 5. The largest absolute Gasteiger partial charge is 0.454 e. The standard InChI is InChI=1S/C19H17Br2FN2O5/c20-16-10-5-11(17(16)21)15-14(10)18(27)24(19(15)28)6-13(26)29-7-12(25)23-9-3-1-8(22)2-4-9/h1-4,10-11,14-17H,5-7H2,(H,23,25)/t10-,11-,14-,15+,16-,17+/m1/s1. The van der Waals surface area contributed by atoms with E-state index in [1.807, 2.05) is 0 Å². The zero-order chi connectivity index (χ0) is 20.9. The number of fused-ring (bicyclic) bond motifs is 5. The van der Waals surface area contributed by atoms with Crippen LogP contribution in [0.3, 0.4) is 0 Å². The van der Waals surface area contributed by atoms with Gasteiger partial charge in [-0.3, -0.25) is 24.1 Å². The molecule has 1 N–H and O–H groups in total. The molecule has 3 aliphatic rings. The van der Waals surface area contributed by atoms with Crippen LogP contribution < -0.4 is 5.32 Å². The van der Waals surface area contributed by atoms with E-state index in [1.165, 1.54) is 24.3 Å². The Morgan fingerprint density at radius 1 is 1.07 bits per heavy atom. The summed E-state index contributed by atoms with van der Waals surface area (Å²) in [6.07, 6.45) is 0.806. The number of nitrogens with zero attached hydrogens (tertiary/aromatic N) is 1. The van der Waals surface area contributed by atoms with E-state index in [0.29, 0.717) is 5.69 Å². The van der Waals surface area contributed by atoms with Gasteiger partial charge in [-0.05, 0) is 42.5 Å². The number of carbonyl (C=O) groups is 4. The van der Waals surface area contributed by atoms with E-state index in [4.69, 9.17) is 4.74 Å². The highest BCUT2D eigenvalue weighted by atomic mass is 79.9. The molecule has 2 bridgehead atoms. The Morgan fingerprint density at radius 3 is 2.17 bits per heavy atom. The molecule has 7 nitrogen and oxygen atoms in total. The van der Waals surface area contributed by atoms with Crippen molar-refractivity contribution >= 4 is 61.2 Å². The number of ether oxygens (including phenoxy) is 1. The smallest absolute Gasteiger partial charge is 0.326 e. The molecule has 29 heavy (non-hydrogen) atoms. The summed E-state index contributed by atoms with van der Waals surface area (Å²) in [7, 11) is 0. The lowest BCUT2D eigenvalue weighted by Crippen LogP contribution is -2.38. The molecule has 1 aliphatic heterocycles. The number of halogens is 3. The number of anilines is 1. The fourth-order valence-electron chi connectivity index (χ4n) is 4.62. The summed E-state index contributed by atoms with van der Waals surface area (Å²) >= 11 is 7.20. The molecule has 1 aromatic carbocycles. The first-order valence-electron chi connectivity index (χ1n) is 9.12. The highest BCUT2D eigenvalue weighted by Crippen LogP contribution is 2.60. The van der Waals surface area contributed by atoms with Crippen molar-refractivity contribution in [3.8, 4) is 0 Å². The van der Waals surface area contributed by atoms with Crippen LogP contribution >= 0.6 is 31.9 Å². The van der Waals surface area contributed by atoms with E-state index in [2.05, 4.69) is 37.2 Å². The predicted octanol–water partition coefficient (Wildman–Crippen LogP) is 2.09. The van der Waals surface area contributed by atoms with Gasteiger partial charge < -0.3 is 10.1 Å². The van der Waals surface area contributed by atoms with E-state index >= 15 is 0 Å². The number of carbonyl (C=O) groups excluding carboxylic acids is 4. The van der Waals surface area contributed by atoms with Crippen molar-refractivity contribution in [1.29, 1.82) is 0 Å². The molecule has 154 valence electrons. The summed E-state index contributed by atoms with van der Waals surface area (Å²) in [5.74, 6) is -3.25. The van der Waals surface area contributed by atoms with Crippen LogP contribution in [0.2, 0.25) is 0 Å². The maximum atomic E-state index is 12.9. The van der Waals surface area contributed by atoms with Crippen LogP contribution in [0.5, 0.6) is 0 Å². The molecule has 4 rings (SSSR count). The Balaban J connectivity index is 1.31. The molecule has 2 aliphatic carbocycles. The van der Waals surface area contributed by atoms with E-state index < -0.39 is 42.7 Å². The minimum Gasteiger partial charge on any atom is -0.454 e. The normalized spacial score (nSPS) is 32.4. The predicted molar refractivity (Wildman–Crippen MR) is 107 cm³/mol. The van der Waals surface area contributed by atoms with Crippen LogP contribution in [0.15, 0.2) is 24.3 Å². The Labute approximate surface area is 182 Å². The molecule has 1 heterocycles. The molecule has 1 aromatic rings. The van der Waals surface area contributed by atoms with Crippen LogP contribution in [0.4, 0.5) is 10.1 Å². The summed E-state index contributed by atoms with van der Waals surface area (Å²) in [6.45, 7) is -1.08. The van der Waals surface area contributed by atoms with Crippen molar-refractivity contribution < 1.29 is 28.3 Å². The Bertz CT molecular complexity index is 848. The highest BCUT2D eigenvalue weighted by molar-refractivity contribution is 9.12. The van der Waals surface area contributed by atoms with Gasteiger partial charge in [0.1, 0.15) is 12.4 Å². The van der Waals surface area contributed by atoms with E-state index in [1.54, 1.807) is 0 Å². The van der Waals surface area contributed by atoms with Gasteiger partial charge in [-0.1, -0.05) is 31.9 Å². The highest BCUT2D eigenvalue weighted by Gasteiger charge is 2.66. The Hall–Kier alpha value is -1.81. The van der Waals surface area contributed by atoms with Crippen molar-refractivity contribution in [2.24, 2.45) is 23.7 Å². The molecule has 0 unspecified atom stereocenters. The first kappa shape index (κ1) is 20.5. The Morgan fingerprint density at radius 2 is 1.62 bits per heavy atom. The van der Waals surface area contributed by atoms with E-state index in [-0.39, 0.29) is 33.3 Å². The molecule has 6 atom stereocenters. The SMILES string of the molecule is O=C(COC(=O)CN1C(=O)[C@@H]2[C@H]3C[C@@H]([C@H](Br)[C@@H]3Br)[C@@H]2C1=O)Nc1ccc(F)cc1. The molecular formula is C19H17Br2FN2O5. The van der Waals surface area contributed by atoms with E-state index in [9.17, 15) is 23.6 Å². The summed E-state index contributed by atoms with van der Waals surface area (Å²) in [5.41, 5.74) is 0.356. The second-order valence-electron chi connectivity index (χ2n) is 7.48. The van der Waals surface area contributed by atoms with Gasteiger partial charge in [-0.15, -0.1) is 0 Å². The average molecular weight is 532 g/mol. The second-order valence-corrected chi connectivity index (χ2v) is 9.60. The van der Waals surface area contributed by atoms with Gasteiger partial charge in [-0.25, -0.2) is 4.39 Å². The number of esters is 1. The molecule has 3 amide bonds. The van der Waals surface area contributed by atoms with Crippen molar-refractivity contribution in [3.05, 3.63) is 30.1 Å². The maximum Gasteiger partial charge on any atom is 0.326 e. The number of likely N-dealkylation sites (tertiary alicyclic amines) is 1. The van der Waals surface area contributed by atoms with Crippen molar-refractivity contribution in [2.45, 2.75) is 16.1 Å². The fraction of sp³-hybridized carbons (Fsp3) is 0.474. The number of nitrogens with one attached hydrogen (secondary N) is 1. The lowest BCUT2D eigenvalue weighted by atomic mass is 9.81. The number of benzene rings is 1. The lowest BCUT2D eigenvalue weighted by Gasteiger charge is -2.28. The van der Waals surface area contributed by atoms with Gasteiger partial charge in [0.05, 0.1) is 11.8 Å². The topological polar surface area (TPSA) is 92.8 Å². The second kappa shape index (κ2) is 7.79. The van der Waals surface area contributed by atoms with Crippen LogP contribution in [0.25, 0.3) is 0 Å². The number of amides is 3. The number of imide groups is 1. The van der Waals surface area contributed by atoms with Crippen LogP contribution in [0, 0.1) is 29.5 Å². The summed E-state index contributed by atoms with van der Waals surface area (Å²) in [6, 6.07) is 5.12. The van der Waals surface area contributed by atoms with Crippen molar-refractivity contribution in [2.75, 3.05) is 18.5 Å². The Kier molecular flexibility index (Phi) is 5.50. The third-order valence-corrected chi connectivity index (χ3v) is 9.06. The fourth-order valence-corrected chi connectivity index (χ4v) is 6.49. The van der Waals surface area contributed by atoms with Gasteiger partial charge in [-0.2, -0.15) is 0 Å². The molecule has 0 radical (unpaired) electrons. The molecule has 3 fully saturated rings.